The predicted octanol–water partition coefficient (Wildman–Crippen LogP) is 3.23. The molecular formula is C11H10Cl2O. The van der Waals surface area contributed by atoms with E-state index in [1.54, 1.807) is 12.1 Å². The fourth-order valence-electron chi connectivity index (χ4n) is 1.83. The molecule has 14 heavy (non-hydrogen) atoms. The normalized spacial score (nSPS) is 15.0. The number of rotatable bonds is 0. The van der Waals surface area contributed by atoms with E-state index < -0.39 is 0 Å². The summed E-state index contributed by atoms with van der Waals surface area (Å²) in [4.78, 5) is 11.5. The summed E-state index contributed by atoms with van der Waals surface area (Å²) in [6, 6.07) is 3.54. The molecular weight excluding hydrogens is 219 g/mol. The molecule has 1 aliphatic carbocycles. The molecule has 0 radical (unpaired) electrons. The first-order chi connectivity index (χ1) is 6.68. The van der Waals surface area contributed by atoms with Crippen LogP contribution in [0.1, 0.15) is 24.0 Å². The third-order valence-electron chi connectivity index (χ3n) is 2.59. The van der Waals surface area contributed by atoms with Gasteiger partial charge in [-0.15, -0.1) is 0 Å². The van der Waals surface area contributed by atoms with E-state index in [2.05, 4.69) is 0 Å². The summed E-state index contributed by atoms with van der Waals surface area (Å²) in [5.41, 5.74) is 2.08. The monoisotopic (exact) mass is 228 g/mol. The number of halogens is 2. The topological polar surface area (TPSA) is 17.1 Å². The number of aryl methyl sites for hydroxylation is 2. The van der Waals surface area contributed by atoms with Crippen molar-refractivity contribution in [2.75, 3.05) is 0 Å². The lowest BCUT2D eigenvalue weighted by atomic mass is 9.94. The molecule has 0 N–H and O–H groups in total. The number of hydrogen-bond donors (Lipinski definition) is 0. The third kappa shape index (κ3) is 1.79. The summed E-state index contributed by atoms with van der Waals surface area (Å²) >= 11 is 11.7. The zero-order valence-corrected chi connectivity index (χ0v) is 9.16. The van der Waals surface area contributed by atoms with Crippen LogP contribution in [0.25, 0.3) is 0 Å². The Hall–Kier alpha value is -0.530. The van der Waals surface area contributed by atoms with E-state index in [0.29, 0.717) is 0 Å². The van der Waals surface area contributed by atoms with Gasteiger partial charge >= 0.3 is 0 Å². The molecule has 0 saturated heterocycles. The van der Waals surface area contributed by atoms with E-state index in [1.165, 1.54) is 24.0 Å². The van der Waals surface area contributed by atoms with Gasteiger partial charge in [0.15, 0.2) is 0 Å². The molecule has 2 rings (SSSR count). The molecule has 3 heteroatoms. The van der Waals surface area contributed by atoms with Crippen molar-refractivity contribution in [2.45, 2.75) is 25.7 Å². The largest absolute Gasteiger partial charge is 0.287 e. The fraction of sp³-hybridized carbons (Fsp3) is 0.364. The van der Waals surface area contributed by atoms with Crippen molar-refractivity contribution in [3.8, 4) is 0 Å². The van der Waals surface area contributed by atoms with Crippen LogP contribution in [-0.2, 0) is 12.8 Å². The van der Waals surface area contributed by atoms with Crippen LogP contribution >= 0.6 is 23.2 Å². The lowest BCUT2D eigenvalue weighted by molar-refractivity contribution is 0.687. The van der Waals surface area contributed by atoms with Crippen LogP contribution in [-0.4, -0.2) is 0 Å². The summed E-state index contributed by atoms with van der Waals surface area (Å²) in [5, 5.41) is 0.469. The van der Waals surface area contributed by atoms with Crippen molar-refractivity contribution in [3.05, 3.63) is 43.5 Å². The second-order valence-electron chi connectivity index (χ2n) is 3.57. The second kappa shape index (κ2) is 3.92. The molecule has 1 nitrogen and oxygen atoms in total. The van der Waals surface area contributed by atoms with E-state index in [1.807, 2.05) is 0 Å². The Balaban J connectivity index is 2.71. The molecule has 1 aromatic carbocycles. The lowest BCUT2D eigenvalue weighted by Crippen LogP contribution is -1.99. The third-order valence-corrected chi connectivity index (χ3v) is 3.15. The summed E-state index contributed by atoms with van der Waals surface area (Å²) in [7, 11) is 0. The highest BCUT2D eigenvalue weighted by Gasteiger charge is 2.11. The molecule has 1 aliphatic rings. The van der Waals surface area contributed by atoms with Gasteiger partial charge in [0, 0.05) is 0 Å². The Kier molecular flexibility index (Phi) is 2.80. The highest BCUT2D eigenvalue weighted by molar-refractivity contribution is 6.34. The quantitative estimate of drug-likeness (QED) is 0.667. The van der Waals surface area contributed by atoms with Crippen molar-refractivity contribution in [1.29, 1.82) is 0 Å². The first-order valence-electron chi connectivity index (χ1n) is 4.69. The Labute approximate surface area is 92.7 Å². The van der Waals surface area contributed by atoms with Crippen LogP contribution in [0.5, 0.6) is 0 Å². The van der Waals surface area contributed by atoms with Crippen LogP contribution in [0, 0.1) is 0 Å². The van der Waals surface area contributed by atoms with Crippen molar-refractivity contribution < 1.29 is 0 Å². The Morgan fingerprint density at radius 3 is 1.79 bits per heavy atom. The van der Waals surface area contributed by atoms with E-state index in [9.17, 15) is 4.79 Å². The van der Waals surface area contributed by atoms with Crippen molar-refractivity contribution in [1.82, 2.24) is 0 Å². The maximum absolute atomic E-state index is 11.5. The molecule has 0 unspecified atom stereocenters. The first kappa shape index (κ1) is 10.0. The standard InChI is InChI=1S/C11H10Cl2O/c12-9-5-7-3-1-2-4-8(7)6-10(13)11(9)14/h5-6H,1-4H2. The smallest absolute Gasteiger partial charge is 0.215 e. The predicted molar refractivity (Wildman–Crippen MR) is 59.4 cm³/mol. The Morgan fingerprint density at radius 1 is 0.929 bits per heavy atom. The van der Waals surface area contributed by atoms with Crippen LogP contribution in [0.15, 0.2) is 16.9 Å². The molecule has 0 aromatic heterocycles. The molecule has 0 spiro atoms. The fourth-order valence-corrected chi connectivity index (χ4v) is 2.35. The van der Waals surface area contributed by atoms with E-state index >= 15 is 0 Å². The van der Waals surface area contributed by atoms with Gasteiger partial charge in [-0.05, 0) is 48.9 Å². The highest BCUT2D eigenvalue weighted by atomic mass is 35.5. The minimum Gasteiger partial charge on any atom is -0.287 e. The van der Waals surface area contributed by atoms with Crippen LogP contribution in [0.2, 0.25) is 10.0 Å². The van der Waals surface area contributed by atoms with Crippen molar-refractivity contribution >= 4 is 23.2 Å². The minimum absolute atomic E-state index is 0.234. The minimum atomic E-state index is -0.261. The summed E-state index contributed by atoms with van der Waals surface area (Å²) < 4.78 is 0. The zero-order valence-electron chi connectivity index (χ0n) is 7.65. The van der Waals surface area contributed by atoms with E-state index in [0.717, 1.165) is 12.8 Å². The second-order valence-corrected chi connectivity index (χ2v) is 4.39. The lowest BCUT2D eigenvalue weighted by Gasteiger charge is -2.12. The van der Waals surface area contributed by atoms with Gasteiger partial charge in [-0.25, -0.2) is 0 Å². The van der Waals surface area contributed by atoms with Gasteiger partial charge in [0.1, 0.15) is 0 Å². The Morgan fingerprint density at radius 2 is 1.36 bits per heavy atom. The molecule has 0 bridgehead atoms. The van der Waals surface area contributed by atoms with Crippen LogP contribution < -0.4 is 5.43 Å². The van der Waals surface area contributed by atoms with Gasteiger partial charge in [0.25, 0.3) is 0 Å². The average Bonchev–Trinajstić information content (AvgIpc) is 2.28. The maximum atomic E-state index is 11.5. The molecule has 74 valence electrons. The molecule has 1 aromatic rings. The molecule has 0 amide bonds. The van der Waals surface area contributed by atoms with Gasteiger partial charge in [0.05, 0.1) is 10.0 Å². The highest BCUT2D eigenvalue weighted by Crippen LogP contribution is 2.23. The molecule has 0 atom stereocenters. The Bertz CT molecular complexity index is 389. The SMILES string of the molecule is O=c1c(Cl)cc2c(cc1Cl)CCCC2. The number of hydrogen-bond acceptors (Lipinski definition) is 1. The van der Waals surface area contributed by atoms with Crippen molar-refractivity contribution in [2.24, 2.45) is 0 Å². The van der Waals surface area contributed by atoms with E-state index in [4.69, 9.17) is 23.2 Å². The van der Waals surface area contributed by atoms with Gasteiger partial charge in [-0.3, -0.25) is 4.79 Å². The molecule has 0 heterocycles. The molecule has 0 saturated carbocycles. The number of fused-ring (bicyclic) bond motifs is 1. The summed E-state index contributed by atoms with van der Waals surface area (Å²) in [6.07, 6.45) is 4.33. The van der Waals surface area contributed by atoms with Crippen LogP contribution in [0.4, 0.5) is 0 Å². The average molecular weight is 229 g/mol. The summed E-state index contributed by atoms with van der Waals surface area (Å²) in [5.74, 6) is 0. The van der Waals surface area contributed by atoms with Gasteiger partial charge in [0.2, 0.25) is 5.43 Å². The maximum Gasteiger partial charge on any atom is 0.215 e. The summed E-state index contributed by atoms with van der Waals surface area (Å²) in [6.45, 7) is 0. The van der Waals surface area contributed by atoms with Crippen molar-refractivity contribution in [3.63, 3.8) is 0 Å². The molecule has 0 aliphatic heterocycles. The van der Waals surface area contributed by atoms with Gasteiger partial charge in [-0.1, -0.05) is 23.2 Å². The van der Waals surface area contributed by atoms with Gasteiger partial charge in [-0.2, -0.15) is 0 Å². The van der Waals surface area contributed by atoms with Gasteiger partial charge < -0.3 is 0 Å². The van der Waals surface area contributed by atoms with Crippen LogP contribution in [0.3, 0.4) is 0 Å². The first-order valence-corrected chi connectivity index (χ1v) is 5.45. The van der Waals surface area contributed by atoms with E-state index in [-0.39, 0.29) is 15.5 Å². The molecule has 0 fully saturated rings. The zero-order chi connectivity index (χ0) is 10.1.